The minimum atomic E-state index is -1.22. The van der Waals surface area contributed by atoms with Crippen LogP contribution in [0.2, 0.25) is 0 Å². The van der Waals surface area contributed by atoms with Gasteiger partial charge in [-0.3, -0.25) is 24.5 Å². The van der Waals surface area contributed by atoms with Crippen LogP contribution in [0.15, 0.2) is 95.0 Å². The molecule has 256 valence electrons. The molecule has 8 N–H and O–H groups in total. The molecule has 6 heterocycles. The van der Waals surface area contributed by atoms with Crippen molar-refractivity contribution in [2.75, 3.05) is 0 Å². The number of nitrogens with one attached hydrogen (secondary N) is 5. The molecular weight excluding hydrogens is 636 g/mol. The van der Waals surface area contributed by atoms with Gasteiger partial charge in [-0.2, -0.15) is 0 Å². The first-order valence-corrected chi connectivity index (χ1v) is 16.8. The molecule has 50 heavy (non-hydrogen) atoms. The zero-order valence-corrected chi connectivity index (χ0v) is 27.2. The van der Waals surface area contributed by atoms with E-state index in [0.717, 1.165) is 24.0 Å². The summed E-state index contributed by atoms with van der Waals surface area (Å²) >= 11 is 0. The van der Waals surface area contributed by atoms with Crippen LogP contribution in [-0.4, -0.2) is 75.2 Å². The molecule has 0 saturated carbocycles. The summed E-state index contributed by atoms with van der Waals surface area (Å²) in [5.41, 5.74) is 3.51. The number of aliphatic hydroxyl groups excluding tert-OH is 3. The molecular formula is C37H38N8O5. The molecule has 8 atom stereocenters. The molecule has 8 unspecified atom stereocenters. The molecule has 0 amide bonds. The number of fused-ring (bicyclic) bond motifs is 2. The lowest BCUT2D eigenvalue weighted by Crippen LogP contribution is -2.32. The van der Waals surface area contributed by atoms with Gasteiger partial charge < -0.3 is 30.6 Å². The van der Waals surface area contributed by atoms with Crippen LogP contribution in [0.25, 0.3) is 34.1 Å². The van der Waals surface area contributed by atoms with Crippen LogP contribution in [0.5, 0.6) is 0 Å². The first-order valence-electron chi connectivity index (χ1n) is 16.8. The highest BCUT2D eigenvalue weighted by atomic mass is 16.3. The number of aromatic nitrogens is 6. The van der Waals surface area contributed by atoms with Crippen LogP contribution in [0, 0.1) is 5.92 Å². The largest absolute Gasteiger partial charge is 0.391 e. The fourth-order valence-electron chi connectivity index (χ4n) is 7.53. The van der Waals surface area contributed by atoms with Gasteiger partial charge in [0.15, 0.2) is 0 Å². The molecule has 13 heteroatoms. The van der Waals surface area contributed by atoms with Crippen molar-refractivity contribution >= 4 is 28.1 Å². The van der Waals surface area contributed by atoms with E-state index >= 15 is 0 Å². The van der Waals surface area contributed by atoms with Crippen molar-refractivity contribution in [3.63, 3.8) is 0 Å². The lowest BCUT2D eigenvalue weighted by molar-refractivity contribution is 0.0334. The summed E-state index contributed by atoms with van der Waals surface area (Å²) < 4.78 is 1.46. The van der Waals surface area contributed by atoms with E-state index in [9.17, 15) is 24.9 Å². The van der Waals surface area contributed by atoms with Crippen molar-refractivity contribution in [2.24, 2.45) is 5.92 Å². The molecule has 0 spiro atoms. The lowest BCUT2D eigenvalue weighted by Gasteiger charge is -2.16. The third-order valence-corrected chi connectivity index (χ3v) is 10.2. The Morgan fingerprint density at radius 2 is 1.60 bits per heavy atom. The Balaban J connectivity index is 1.14. The smallest absolute Gasteiger partial charge is 0.276 e. The second kappa shape index (κ2) is 12.9. The van der Waals surface area contributed by atoms with Crippen molar-refractivity contribution in [1.29, 1.82) is 0 Å². The molecule has 2 fully saturated rings. The standard InChI is InChI=1S/C37H38N8O5/c1-19-26(41-24(32(19)46)14-12-20-8-4-2-5-9-20)22-16-38-30-27(22)43-37(44-35(30)49)45-17-23(28-31(45)36(50)40-18-39-28)29-34(48)33(47)25(42-29)15-13-21-10-6-3-7-11-21/h2-11,13,15-19,24-26,29,32-34,38,41-42,46-48H,12,14H2,1H3,(H,39,40,50)(H,43,44,49). The fourth-order valence-corrected chi connectivity index (χ4v) is 7.53. The predicted octanol–water partition coefficient (Wildman–Crippen LogP) is 2.37. The summed E-state index contributed by atoms with van der Waals surface area (Å²) in [4.78, 5) is 44.5. The Bertz CT molecular complexity index is 2300. The average molecular weight is 675 g/mol. The molecule has 2 aliphatic heterocycles. The molecule has 8 rings (SSSR count). The number of aliphatic hydroxyl groups is 3. The highest BCUT2D eigenvalue weighted by Crippen LogP contribution is 2.37. The van der Waals surface area contributed by atoms with Gasteiger partial charge in [0, 0.05) is 41.5 Å². The summed E-state index contributed by atoms with van der Waals surface area (Å²) in [6.07, 6.45) is 6.88. The number of hydrogen-bond acceptors (Lipinski definition) is 9. The van der Waals surface area contributed by atoms with Gasteiger partial charge in [-0.25, -0.2) is 9.97 Å². The van der Waals surface area contributed by atoms with Gasteiger partial charge in [0.25, 0.3) is 11.1 Å². The topological polar surface area (TPSA) is 197 Å². The van der Waals surface area contributed by atoms with Gasteiger partial charge in [-0.15, -0.1) is 0 Å². The van der Waals surface area contributed by atoms with Crippen LogP contribution < -0.4 is 21.8 Å². The third kappa shape index (κ3) is 5.58. The maximum absolute atomic E-state index is 13.5. The molecule has 2 saturated heterocycles. The van der Waals surface area contributed by atoms with Crippen molar-refractivity contribution in [3.05, 3.63) is 128 Å². The molecule has 0 radical (unpaired) electrons. The normalized spacial score (nSPS) is 26.9. The van der Waals surface area contributed by atoms with Gasteiger partial charge >= 0.3 is 0 Å². The van der Waals surface area contributed by atoms with E-state index in [0.29, 0.717) is 11.1 Å². The van der Waals surface area contributed by atoms with Gasteiger partial charge in [0.1, 0.15) is 34.3 Å². The van der Waals surface area contributed by atoms with Crippen molar-refractivity contribution < 1.29 is 15.3 Å². The Kier molecular flexibility index (Phi) is 8.29. The number of H-pyrrole nitrogens is 3. The molecule has 0 aliphatic carbocycles. The van der Waals surface area contributed by atoms with Crippen LogP contribution in [0.1, 0.15) is 47.7 Å². The van der Waals surface area contributed by atoms with Crippen molar-refractivity contribution in [2.45, 2.75) is 62.2 Å². The maximum atomic E-state index is 13.5. The zero-order valence-electron chi connectivity index (χ0n) is 27.2. The Labute approximate surface area is 285 Å². The lowest BCUT2D eigenvalue weighted by atomic mass is 9.92. The number of hydrogen-bond donors (Lipinski definition) is 8. The second-order valence-electron chi connectivity index (χ2n) is 13.3. The van der Waals surface area contributed by atoms with E-state index in [4.69, 9.17) is 4.98 Å². The van der Waals surface area contributed by atoms with E-state index in [-0.39, 0.29) is 40.5 Å². The third-order valence-electron chi connectivity index (χ3n) is 10.2. The molecule has 13 nitrogen and oxygen atoms in total. The summed E-state index contributed by atoms with van der Waals surface area (Å²) in [5.74, 6) is -0.0888. The number of benzene rings is 2. The first kappa shape index (κ1) is 32.0. The maximum Gasteiger partial charge on any atom is 0.276 e. The van der Waals surface area contributed by atoms with Crippen molar-refractivity contribution in [3.8, 4) is 5.95 Å². The van der Waals surface area contributed by atoms with E-state index in [1.54, 1.807) is 18.5 Å². The van der Waals surface area contributed by atoms with Gasteiger partial charge in [-0.05, 0) is 24.0 Å². The van der Waals surface area contributed by atoms with E-state index in [1.165, 1.54) is 16.5 Å². The zero-order chi connectivity index (χ0) is 34.5. The Morgan fingerprint density at radius 1 is 0.840 bits per heavy atom. The van der Waals surface area contributed by atoms with E-state index in [2.05, 4.69) is 42.7 Å². The number of nitrogens with zero attached hydrogens (tertiary/aromatic N) is 3. The summed E-state index contributed by atoms with van der Waals surface area (Å²) in [7, 11) is 0. The number of rotatable bonds is 8. The van der Waals surface area contributed by atoms with Gasteiger partial charge in [-0.1, -0.05) is 79.7 Å². The quantitative estimate of drug-likeness (QED) is 0.120. The summed E-state index contributed by atoms with van der Waals surface area (Å²) in [5, 5.41) is 40.3. The molecule has 4 aromatic heterocycles. The Morgan fingerprint density at radius 3 is 2.38 bits per heavy atom. The van der Waals surface area contributed by atoms with Gasteiger partial charge in [0.2, 0.25) is 5.95 Å². The molecule has 2 aromatic carbocycles. The van der Waals surface area contributed by atoms with Crippen LogP contribution >= 0.6 is 0 Å². The highest BCUT2D eigenvalue weighted by molar-refractivity contribution is 5.83. The van der Waals surface area contributed by atoms with E-state index in [1.807, 2.05) is 61.5 Å². The second-order valence-corrected chi connectivity index (χ2v) is 13.3. The minimum Gasteiger partial charge on any atom is -0.391 e. The Hall–Kier alpha value is -5.18. The van der Waals surface area contributed by atoms with Gasteiger partial charge in [0.05, 0.1) is 24.5 Å². The predicted molar refractivity (Wildman–Crippen MR) is 189 cm³/mol. The molecule has 0 bridgehead atoms. The first-order chi connectivity index (χ1) is 24.3. The summed E-state index contributed by atoms with van der Waals surface area (Å²) in [6.45, 7) is 1.98. The minimum absolute atomic E-state index is 0.0819. The average Bonchev–Trinajstić information content (AvgIpc) is 3.88. The van der Waals surface area contributed by atoms with Crippen LogP contribution in [0.4, 0.5) is 0 Å². The summed E-state index contributed by atoms with van der Waals surface area (Å²) in [6, 6.07) is 17.9. The molecule has 2 aliphatic rings. The number of aryl methyl sites for hydroxylation is 1. The monoisotopic (exact) mass is 674 g/mol. The highest BCUT2D eigenvalue weighted by Gasteiger charge is 2.43. The fraction of sp³-hybridized carbons (Fsp3) is 0.297. The van der Waals surface area contributed by atoms with E-state index < -0.39 is 41.5 Å². The molecule has 6 aromatic rings. The number of aromatic amines is 3. The van der Waals surface area contributed by atoms with Crippen LogP contribution in [0.3, 0.4) is 0 Å². The SMILES string of the molecule is CC1C(c2c[nH]c3c(=O)[nH]c(-n4cc(C5NC(C=Cc6ccccc6)C(O)C5O)c5nc[nH]c(=O)c54)nc23)NC(CCc2ccccc2)C1O. The van der Waals surface area contributed by atoms with Crippen molar-refractivity contribution in [1.82, 2.24) is 40.1 Å². The van der Waals surface area contributed by atoms with Crippen LogP contribution in [-0.2, 0) is 6.42 Å².